The first-order valence-electron chi connectivity index (χ1n) is 8.62. The molecule has 2 amide bonds. The molecule has 0 spiro atoms. The number of carbonyl (C=O) groups excluding carboxylic acids is 2. The minimum Gasteiger partial charge on any atom is -0.354 e. The van der Waals surface area contributed by atoms with Gasteiger partial charge >= 0.3 is 0 Å². The summed E-state index contributed by atoms with van der Waals surface area (Å²) in [7, 11) is 0. The van der Waals surface area contributed by atoms with Crippen molar-refractivity contribution in [3.8, 4) is 0 Å². The largest absolute Gasteiger partial charge is 0.354 e. The Kier molecular flexibility index (Phi) is 6.62. The van der Waals surface area contributed by atoms with Crippen molar-refractivity contribution in [2.75, 3.05) is 12.3 Å². The van der Waals surface area contributed by atoms with Crippen LogP contribution < -0.4 is 5.32 Å². The Morgan fingerprint density at radius 2 is 2.04 bits per heavy atom. The minimum atomic E-state index is -0.466. The Labute approximate surface area is 166 Å². The smallest absolute Gasteiger partial charge is 0.255 e. The molecule has 1 N–H and O–H groups in total. The van der Waals surface area contributed by atoms with Gasteiger partial charge in [0.25, 0.3) is 5.91 Å². The van der Waals surface area contributed by atoms with Gasteiger partial charge in [-0.3, -0.25) is 9.59 Å². The molecular formula is C19H21ClN2O2S2. The topological polar surface area (TPSA) is 49.4 Å². The van der Waals surface area contributed by atoms with Crippen LogP contribution in [0.1, 0.15) is 40.4 Å². The third kappa shape index (κ3) is 4.24. The van der Waals surface area contributed by atoms with Crippen LogP contribution in [0.15, 0.2) is 41.8 Å². The van der Waals surface area contributed by atoms with E-state index >= 15 is 0 Å². The molecule has 0 bridgehead atoms. The first-order chi connectivity index (χ1) is 12.6. The predicted octanol–water partition coefficient (Wildman–Crippen LogP) is 4.57. The fourth-order valence-corrected chi connectivity index (χ4v) is 5.38. The summed E-state index contributed by atoms with van der Waals surface area (Å²) in [5.41, 5.74) is 0.546. The Morgan fingerprint density at radius 1 is 1.27 bits per heavy atom. The van der Waals surface area contributed by atoms with Gasteiger partial charge in [0, 0.05) is 27.8 Å². The fourth-order valence-electron chi connectivity index (χ4n) is 2.86. The molecule has 2 heterocycles. The van der Waals surface area contributed by atoms with Crippen molar-refractivity contribution in [1.29, 1.82) is 0 Å². The molecule has 138 valence electrons. The minimum absolute atomic E-state index is 0.0766. The van der Waals surface area contributed by atoms with Gasteiger partial charge in [-0.15, -0.1) is 23.1 Å². The summed E-state index contributed by atoms with van der Waals surface area (Å²) >= 11 is 9.19. The van der Waals surface area contributed by atoms with E-state index in [2.05, 4.69) is 12.2 Å². The van der Waals surface area contributed by atoms with Crippen molar-refractivity contribution in [2.24, 2.45) is 0 Å². The monoisotopic (exact) mass is 408 g/mol. The highest BCUT2D eigenvalue weighted by Crippen LogP contribution is 2.43. The molecule has 2 atom stereocenters. The van der Waals surface area contributed by atoms with Gasteiger partial charge in [0.05, 0.1) is 0 Å². The van der Waals surface area contributed by atoms with Crippen LogP contribution >= 0.6 is 34.7 Å². The van der Waals surface area contributed by atoms with Crippen LogP contribution in [0.4, 0.5) is 0 Å². The maximum Gasteiger partial charge on any atom is 0.255 e. The van der Waals surface area contributed by atoms with E-state index in [1.165, 1.54) is 0 Å². The number of nitrogens with one attached hydrogen (secondary N) is 1. The van der Waals surface area contributed by atoms with Crippen LogP contribution in [0, 0.1) is 0 Å². The zero-order chi connectivity index (χ0) is 18.5. The molecule has 1 aromatic heterocycles. The molecule has 2 aromatic rings. The van der Waals surface area contributed by atoms with Crippen LogP contribution in [0.5, 0.6) is 0 Å². The van der Waals surface area contributed by atoms with Crippen molar-refractivity contribution < 1.29 is 9.59 Å². The number of thioether (sulfide) groups is 1. The number of carbonyl (C=O) groups is 2. The molecule has 0 unspecified atom stereocenters. The molecular weight excluding hydrogens is 388 g/mol. The summed E-state index contributed by atoms with van der Waals surface area (Å²) in [6.45, 7) is 2.73. The lowest BCUT2D eigenvalue weighted by Crippen LogP contribution is -2.48. The highest BCUT2D eigenvalue weighted by atomic mass is 35.5. The molecule has 3 rings (SSSR count). The lowest BCUT2D eigenvalue weighted by molar-refractivity contribution is -0.124. The van der Waals surface area contributed by atoms with Crippen LogP contribution in [0.2, 0.25) is 5.02 Å². The Hall–Kier alpha value is -1.50. The normalized spacial score (nSPS) is 19.5. The van der Waals surface area contributed by atoms with Crippen molar-refractivity contribution >= 4 is 46.5 Å². The molecule has 1 aromatic carbocycles. The van der Waals surface area contributed by atoms with Crippen LogP contribution in [-0.4, -0.2) is 35.1 Å². The number of benzene rings is 1. The lowest BCUT2D eigenvalue weighted by Gasteiger charge is -2.28. The van der Waals surface area contributed by atoms with Gasteiger partial charge in [-0.2, -0.15) is 0 Å². The number of thiophene rings is 1. The number of nitrogens with zero attached hydrogens (tertiary/aromatic N) is 1. The van der Waals surface area contributed by atoms with Gasteiger partial charge in [0.2, 0.25) is 5.91 Å². The average Bonchev–Trinajstić information content (AvgIpc) is 3.31. The van der Waals surface area contributed by atoms with Crippen molar-refractivity contribution in [1.82, 2.24) is 10.2 Å². The van der Waals surface area contributed by atoms with Gasteiger partial charge < -0.3 is 10.2 Å². The summed E-state index contributed by atoms with van der Waals surface area (Å²) in [6, 6.07) is 10.4. The second kappa shape index (κ2) is 8.93. The molecule has 0 radical (unpaired) electrons. The fraction of sp³-hybridized carbons (Fsp3) is 0.368. The summed E-state index contributed by atoms with van der Waals surface area (Å²) in [4.78, 5) is 28.7. The van der Waals surface area contributed by atoms with E-state index in [9.17, 15) is 9.59 Å². The predicted molar refractivity (Wildman–Crippen MR) is 109 cm³/mol. The van der Waals surface area contributed by atoms with Crippen LogP contribution in [-0.2, 0) is 4.79 Å². The molecule has 7 heteroatoms. The molecule has 1 aliphatic heterocycles. The number of hydrogen-bond acceptors (Lipinski definition) is 4. The first-order valence-corrected chi connectivity index (χ1v) is 10.9. The third-order valence-electron chi connectivity index (χ3n) is 4.24. The van der Waals surface area contributed by atoms with E-state index in [1.807, 2.05) is 17.5 Å². The summed E-state index contributed by atoms with van der Waals surface area (Å²) in [5, 5.41) is 5.41. The van der Waals surface area contributed by atoms with Gasteiger partial charge in [-0.05, 0) is 42.1 Å². The molecule has 0 saturated carbocycles. The Balaban J connectivity index is 1.85. The summed E-state index contributed by atoms with van der Waals surface area (Å²) < 4.78 is 0. The number of amides is 2. The van der Waals surface area contributed by atoms with Gasteiger partial charge in [0.15, 0.2) is 0 Å². The standard InChI is InChI=1S/C19H21ClN2O2S2/c1-2-3-10-21-17(23)15-12-26-19(16-5-4-11-25-16)22(15)18(24)13-6-8-14(20)9-7-13/h4-9,11,15,19H,2-3,10,12H2,1H3,(H,21,23)/t15-,19-/m0/s1. The molecule has 4 nitrogen and oxygen atoms in total. The maximum absolute atomic E-state index is 13.2. The van der Waals surface area contributed by atoms with E-state index in [0.717, 1.165) is 17.7 Å². The van der Waals surface area contributed by atoms with Gasteiger partial charge in [-0.25, -0.2) is 0 Å². The Bertz CT molecular complexity index is 749. The first kappa shape index (κ1) is 19.3. The molecule has 26 heavy (non-hydrogen) atoms. The van der Waals surface area contributed by atoms with Crippen molar-refractivity contribution in [3.05, 3.63) is 57.2 Å². The molecule has 1 saturated heterocycles. The maximum atomic E-state index is 13.2. The molecule has 1 aliphatic rings. The molecule has 1 fully saturated rings. The summed E-state index contributed by atoms with van der Waals surface area (Å²) in [6.07, 6.45) is 1.95. The second-order valence-electron chi connectivity index (χ2n) is 6.08. The van der Waals surface area contributed by atoms with E-state index in [-0.39, 0.29) is 17.2 Å². The molecule has 0 aliphatic carbocycles. The average molecular weight is 409 g/mol. The third-order valence-corrected chi connectivity index (χ3v) is 6.88. The highest BCUT2D eigenvalue weighted by molar-refractivity contribution is 7.99. The lowest BCUT2D eigenvalue weighted by atomic mass is 10.1. The number of hydrogen-bond donors (Lipinski definition) is 1. The van der Waals surface area contributed by atoms with Gasteiger partial charge in [0.1, 0.15) is 11.4 Å². The quantitative estimate of drug-likeness (QED) is 0.712. The van der Waals surface area contributed by atoms with E-state index < -0.39 is 6.04 Å². The van der Waals surface area contributed by atoms with Crippen LogP contribution in [0.3, 0.4) is 0 Å². The zero-order valence-electron chi connectivity index (χ0n) is 14.5. The summed E-state index contributed by atoms with van der Waals surface area (Å²) in [5.74, 6) is 0.382. The highest BCUT2D eigenvalue weighted by Gasteiger charge is 2.42. The van der Waals surface area contributed by atoms with E-state index in [0.29, 0.717) is 22.9 Å². The van der Waals surface area contributed by atoms with Gasteiger partial charge in [-0.1, -0.05) is 31.0 Å². The zero-order valence-corrected chi connectivity index (χ0v) is 16.9. The van der Waals surface area contributed by atoms with Crippen molar-refractivity contribution in [3.63, 3.8) is 0 Å². The van der Waals surface area contributed by atoms with E-state index in [1.54, 1.807) is 52.3 Å². The second-order valence-corrected chi connectivity index (χ2v) is 8.61. The number of unbranched alkanes of at least 4 members (excludes halogenated alkanes) is 1. The Morgan fingerprint density at radius 3 is 2.69 bits per heavy atom. The SMILES string of the molecule is CCCCNC(=O)[C@@H]1CS[C@@H](c2cccs2)N1C(=O)c1ccc(Cl)cc1. The van der Waals surface area contributed by atoms with E-state index in [4.69, 9.17) is 11.6 Å². The number of halogens is 1. The number of rotatable bonds is 6. The van der Waals surface area contributed by atoms with Crippen molar-refractivity contribution in [2.45, 2.75) is 31.2 Å². The van der Waals surface area contributed by atoms with Crippen LogP contribution in [0.25, 0.3) is 0 Å².